The number of anilines is 2. The van der Waals surface area contributed by atoms with Gasteiger partial charge in [-0.15, -0.1) is 0 Å². The highest BCUT2D eigenvalue weighted by Gasteiger charge is 2.29. The third-order valence-corrected chi connectivity index (χ3v) is 7.70. The zero-order valence-electron chi connectivity index (χ0n) is 23.0. The molecule has 4 heterocycles. The predicted octanol–water partition coefficient (Wildman–Crippen LogP) is 4.47. The van der Waals surface area contributed by atoms with Crippen molar-refractivity contribution in [2.75, 3.05) is 10.3 Å². The number of nitrogens with one attached hydrogen (secondary N) is 1. The Morgan fingerprint density at radius 1 is 1.21 bits per heavy atom. The van der Waals surface area contributed by atoms with Crippen LogP contribution >= 0.6 is 23.2 Å². The number of nitrogens with two attached hydrogens (primary N) is 2. The number of benzene rings is 1. The summed E-state index contributed by atoms with van der Waals surface area (Å²) in [6, 6.07) is 6.57. The van der Waals surface area contributed by atoms with Crippen molar-refractivity contribution >= 4 is 40.5 Å². The summed E-state index contributed by atoms with van der Waals surface area (Å²) in [6.07, 6.45) is 3.98. The van der Waals surface area contributed by atoms with E-state index in [1.807, 2.05) is 0 Å². The number of alkyl halides is 1. The second-order valence-electron chi connectivity index (χ2n) is 10.1. The number of halogens is 4. The number of aromatic nitrogens is 5. The van der Waals surface area contributed by atoms with E-state index in [0.717, 1.165) is 17.3 Å². The SMILES string of the molecule is CC1C(=O)Nc2cnn(C)c2-c2ccnc(c2)C(n2cnc(-c3c(N(N)/C=C(\N)Cl)ccc(Cl)c3F)cc2=O)CCC1F. The first kappa shape index (κ1) is 30.1. The van der Waals surface area contributed by atoms with Crippen LogP contribution in [0.4, 0.5) is 20.2 Å². The lowest BCUT2D eigenvalue weighted by Gasteiger charge is -2.24. The molecule has 0 saturated heterocycles. The van der Waals surface area contributed by atoms with E-state index in [2.05, 4.69) is 20.4 Å². The highest BCUT2D eigenvalue weighted by molar-refractivity contribution is 6.31. The maximum Gasteiger partial charge on any atom is 0.254 e. The van der Waals surface area contributed by atoms with Crippen molar-refractivity contribution in [3.63, 3.8) is 0 Å². The van der Waals surface area contributed by atoms with Gasteiger partial charge in [0.25, 0.3) is 5.56 Å². The number of rotatable bonds is 4. The zero-order valence-corrected chi connectivity index (χ0v) is 24.5. The van der Waals surface area contributed by atoms with E-state index in [4.69, 9.17) is 34.8 Å². The van der Waals surface area contributed by atoms with Crippen LogP contribution in [0.15, 0.2) is 65.2 Å². The average Bonchev–Trinajstić information content (AvgIpc) is 3.33. The highest BCUT2D eigenvalue weighted by Crippen LogP contribution is 2.36. The molecule has 5 N–H and O–H groups in total. The molecule has 43 heavy (non-hydrogen) atoms. The van der Waals surface area contributed by atoms with Gasteiger partial charge in [-0.05, 0) is 37.1 Å². The molecule has 15 heteroatoms. The minimum absolute atomic E-state index is 0.0549. The Bertz CT molecular complexity index is 1790. The van der Waals surface area contributed by atoms with Crippen LogP contribution in [-0.2, 0) is 11.8 Å². The van der Waals surface area contributed by atoms with Crippen molar-refractivity contribution in [1.82, 2.24) is 24.3 Å². The third kappa shape index (κ3) is 5.96. The minimum atomic E-state index is -1.52. The number of nitrogens with zero attached hydrogens (tertiary/aromatic N) is 6. The zero-order chi connectivity index (χ0) is 31.0. The Morgan fingerprint density at radius 3 is 2.70 bits per heavy atom. The van der Waals surface area contributed by atoms with Crippen LogP contribution in [0.3, 0.4) is 0 Å². The van der Waals surface area contributed by atoms with Gasteiger partial charge >= 0.3 is 0 Å². The number of aryl methyl sites for hydroxylation is 1. The van der Waals surface area contributed by atoms with Gasteiger partial charge < -0.3 is 11.1 Å². The number of hydrogen-bond donors (Lipinski definition) is 3. The molecule has 0 radical (unpaired) electrons. The number of amides is 1. The second-order valence-corrected chi connectivity index (χ2v) is 10.9. The van der Waals surface area contributed by atoms with E-state index in [1.165, 1.54) is 36.1 Å². The summed E-state index contributed by atoms with van der Waals surface area (Å²) < 4.78 is 33.5. The number of fused-ring (bicyclic) bond motifs is 4. The van der Waals surface area contributed by atoms with Crippen LogP contribution in [0.25, 0.3) is 22.5 Å². The van der Waals surface area contributed by atoms with Gasteiger partial charge in [-0.2, -0.15) is 5.10 Å². The van der Waals surface area contributed by atoms with Crippen LogP contribution < -0.4 is 27.5 Å². The summed E-state index contributed by atoms with van der Waals surface area (Å²) in [5, 5.41) is 7.63. The summed E-state index contributed by atoms with van der Waals surface area (Å²) in [4.78, 5) is 35.3. The molecule has 3 unspecified atom stereocenters. The first-order valence-corrected chi connectivity index (χ1v) is 13.9. The van der Waals surface area contributed by atoms with E-state index in [9.17, 15) is 9.59 Å². The van der Waals surface area contributed by atoms with Crippen molar-refractivity contribution in [3.8, 4) is 22.5 Å². The van der Waals surface area contributed by atoms with Crippen LogP contribution in [0.1, 0.15) is 31.5 Å². The van der Waals surface area contributed by atoms with Crippen LogP contribution in [-0.4, -0.2) is 36.4 Å². The fourth-order valence-corrected chi connectivity index (χ4v) is 5.30. The van der Waals surface area contributed by atoms with E-state index in [0.29, 0.717) is 22.6 Å². The number of pyridine rings is 1. The van der Waals surface area contributed by atoms with Gasteiger partial charge in [-0.1, -0.05) is 30.1 Å². The summed E-state index contributed by atoms with van der Waals surface area (Å²) in [5.41, 5.74) is 6.96. The Labute approximate surface area is 254 Å². The lowest BCUT2D eigenvalue weighted by Crippen LogP contribution is -2.31. The normalized spacial score (nSPS) is 19.2. The van der Waals surface area contributed by atoms with Gasteiger partial charge in [0.15, 0.2) is 5.82 Å². The van der Waals surface area contributed by atoms with E-state index < -0.39 is 35.4 Å². The third-order valence-electron chi connectivity index (χ3n) is 7.31. The van der Waals surface area contributed by atoms with E-state index in [1.54, 1.807) is 30.1 Å². The molecule has 2 bridgehead atoms. The molecule has 4 aromatic rings. The van der Waals surface area contributed by atoms with Gasteiger partial charge in [0.05, 0.1) is 69.7 Å². The molecule has 0 saturated carbocycles. The van der Waals surface area contributed by atoms with E-state index in [-0.39, 0.29) is 40.0 Å². The van der Waals surface area contributed by atoms with Crippen molar-refractivity contribution in [2.24, 2.45) is 24.5 Å². The summed E-state index contributed by atoms with van der Waals surface area (Å²) in [7, 11) is 1.71. The van der Waals surface area contributed by atoms with Gasteiger partial charge in [0.1, 0.15) is 11.3 Å². The molecule has 0 fully saturated rings. The van der Waals surface area contributed by atoms with Crippen molar-refractivity contribution in [2.45, 2.75) is 32.0 Å². The Morgan fingerprint density at radius 2 is 1.98 bits per heavy atom. The van der Waals surface area contributed by atoms with E-state index >= 15 is 8.78 Å². The first-order chi connectivity index (χ1) is 20.5. The molecule has 3 aromatic heterocycles. The summed E-state index contributed by atoms with van der Waals surface area (Å²) in [5.74, 6) is 3.69. The molecule has 0 spiro atoms. The van der Waals surface area contributed by atoms with Crippen LogP contribution in [0.5, 0.6) is 0 Å². The van der Waals surface area contributed by atoms with Crippen LogP contribution in [0, 0.1) is 11.7 Å². The summed E-state index contributed by atoms with van der Waals surface area (Å²) >= 11 is 11.8. The minimum Gasteiger partial charge on any atom is -0.388 e. The van der Waals surface area contributed by atoms with Crippen LogP contribution in [0.2, 0.25) is 5.02 Å². The Kier molecular flexibility index (Phi) is 8.49. The quantitative estimate of drug-likeness (QED) is 0.170. The maximum absolute atomic E-state index is 15.3. The largest absolute Gasteiger partial charge is 0.388 e. The Hall–Kier alpha value is -4.33. The molecular weight excluding hydrogens is 603 g/mol. The lowest BCUT2D eigenvalue weighted by atomic mass is 9.95. The second kappa shape index (κ2) is 12.1. The number of hydrazine groups is 1. The topological polar surface area (TPSA) is 150 Å². The number of carbonyl (C=O) groups excluding carboxylic acids is 1. The van der Waals surface area contributed by atoms with Gasteiger partial charge in [-0.3, -0.25) is 28.8 Å². The molecule has 224 valence electrons. The van der Waals surface area contributed by atoms with Crippen molar-refractivity contribution in [1.29, 1.82) is 0 Å². The fraction of sp³-hybridized carbons (Fsp3) is 0.250. The first-order valence-electron chi connectivity index (χ1n) is 13.1. The monoisotopic (exact) mass is 629 g/mol. The van der Waals surface area contributed by atoms with Gasteiger partial charge in [0, 0.05) is 24.9 Å². The van der Waals surface area contributed by atoms with Crippen molar-refractivity contribution in [3.05, 3.63) is 87.3 Å². The number of carbonyl (C=O) groups is 1. The molecule has 1 aromatic carbocycles. The molecule has 1 aliphatic heterocycles. The number of hydrogen-bond acceptors (Lipinski definition) is 8. The Balaban J connectivity index is 1.63. The molecular formula is C28H27Cl2F2N9O2. The standard InChI is InChI=1S/C28H27Cl2F2N9O2/c1-14-17(31)4-6-21(18-9-15(7-8-35-18)27-20(38-28(14)43)11-37-39(27)2)40-13-36-19(10-24(40)42)25-22(41(34)12-23(30)33)5-3-16(29)26(25)32/h3,5,7-14,17,21H,4,6,33-34H2,1-2H3,(H,38,43)/b23-12-. The summed E-state index contributed by atoms with van der Waals surface area (Å²) in [6.45, 7) is 1.50. The average molecular weight is 630 g/mol. The van der Waals surface area contributed by atoms with Crippen molar-refractivity contribution < 1.29 is 13.6 Å². The maximum atomic E-state index is 15.3. The molecule has 5 rings (SSSR count). The fourth-order valence-electron chi connectivity index (χ4n) is 5.04. The molecule has 0 aliphatic carbocycles. The molecule has 11 nitrogen and oxygen atoms in total. The lowest BCUT2D eigenvalue weighted by molar-refractivity contribution is -0.121. The predicted molar refractivity (Wildman–Crippen MR) is 160 cm³/mol. The van der Waals surface area contributed by atoms with Gasteiger partial charge in [0.2, 0.25) is 5.91 Å². The molecule has 1 amide bonds. The molecule has 1 aliphatic rings. The smallest absolute Gasteiger partial charge is 0.254 e. The molecule has 3 atom stereocenters. The highest BCUT2D eigenvalue weighted by atomic mass is 35.5. The van der Waals surface area contributed by atoms with Gasteiger partial charge in [-0.25, -0.2) is 19.6 Å².